The van der Waals surface area contributed by atoms with Crippen molar-refractivity contribution in [3.8, 4) is 11.5 Å². The third-order valence-corrected chi connectivity index (χ3v) is 7.98. The molecule has 1 aromatic carbocycles. The molecule has 2 amide bonds. The lowest BCUT2D eigenvalue weighted by Crippen LogP contribution is -2.58. The molecule has 0 unspecified atom stereocenters. The minimum Gasteiger partial charge on any atom is -0.493 e. The van der Waals surface area contributed by atoms with Crippen LogP contribution in [-0.2, 0) is 4.79 Å². The van der Waals surface area contributed by atoms with Crippen LogP contribution in [0.25, 0.3) is 0 Å². The standard InChI is InChI=1S/C24H32N2O4/c1-29-20-4-3-19(12-21(20)30-2)22(27)25-5-7-26(8-6-25)23(28)24-13-16-9-17(14-24)11-18(10-16)15-24/h3-4,12,16-18H,5-11,13-15H2,1-2H3. The van der Waals surface area contributed by atoms with Crippen LogP contribution in [0.4, 0.5) is 0 Å². The Morgan fingerprint density at radius 2 is 1.37 bits per heavy atom. The molecule has 0 N–H and O–H groups in total. The van der Waals surface area contributed by atoms with Crippen LogP contribution in [0, 0.1) is 23.2 Å². The molecule has 30 heavy (non-hydrogen) atoms. The molecule has 6 rings (SSSR count). The number of piperazine rings is 1. The molecular formula is C24H32N2O4. The first kappa shape index (κ1) is 19.7. The first-order chi connectivity index (χ1) is 14.5. The number of carbonyl (C=O) groups is 2. The molecule has 1 heterocycles. The Morgan fingerprint density at radius 3 is 1.90 bits per heavy atom. The SMILES string of the molecule is COc1ccc(C(=O)N2CCN(C(=O)C34CC5CC(CC(C5)C3)C4)CC2)cc1OC. The molecule has 0 atom stereocenters. The first-order valence-electron chi connectivity index (χ1n) is 11.3. The molecule has 0 spiro atoms. The van der Waals surface area contributed by atoms with E-state index in [4.69, 9.17) is 9.47 Å². The van der Waals surface area contributed by atoms with E-state index in [0.29, 0.717) is 49.1 Å². The van der Waals surface area contributed by atoms with E-state index in [1.165, 1.54) is 19.3 Å². The van der Waals surface area contributed by atoms with Gasteiger partial charge in [0.05, 0.1) is 19.6 Å². The average molecular weight is 413 g/mol. The molecule has 4 bridgehead atoms. The Kier molecular flexibility index (Phi) is 4.91. The average Bonchev–Trinajstić information content (AvgIpc) is 2.76. The highest BCUT2D eigenvalue weighted by Crippen LogP contribution is 2.60. The summed E-state index contributed by atoms with van der Waals surface area (Å²) in [5, 5.41) is 0. The molecule has 4 saturated carbocycles. The van der Waals surface area contributed by atoms with Gasteiger partial charge in [-0.2, -0.15) is 0 Å². The second-order valence-corrected chi connectivity index (χ2v) is 9.85. The van der Waals surface area contributed by atoms with Crippen LogP contribution in [0.5, 0.6) is 11.5 Å². The zero-order valence-electron chi connectivity index (χ0n) is 18.1. The van der Waals surface area contributed by atoms with Crippen LogP contribution >= 0.6 is 0 Å². The minimum absolute atomic E-state index is 0.0159. The number of benzene rings is 1. The Bertz CT molecular complexity index is 808. The van der Waals surface area contributed by atoms with E-state index in [0.717, 1.165) is 37.0 Å². The van der Waals surface area contributed by atoms with E-state index in [9.17, 15) is 9.59 Å². The van der Waals surface area contributed by atoms with Gasteiger partial charge in [0.15, 0.2) is 11.5 Å². The number of ether oxygens (including phenoxy) is 2. The third-order valence-electron chi connectivity index (χ3n) is 7.98. The van der Waals surface area contributed by atoms with Crippen LogP contribution in [0.1, 0.15) is 48.9 Å². The number of nitrogens with zero attached hydrogens (tertiary/aromatic N) is 2. The zero-order valence-corrected chi connectivity index (χ0v) is 18.1. The monoisotopic (exact) mass is 412 g/mol. The largest absolute Gasteiger partial charge is 0.493 e. The molecule has 162 valence electrons. The number of hydrogen-bond acceptors (Lipinski definition) is 4. The highest BCUT2D eigenvalue weighted by atomic mass is 16.5. The van der Waals surface area contributed by atoms with E-state index in [1.807, 2.05) is 9.80 Å². The summed E-state index contributed by atoms with van der Waals surface area (Å²) in [6.45, 7) is 2.45. The number of amides is 2. The van der Waals surface area contributed by atoms with Crippen molar-refractivity contribution in [2.45, 2.75) is 38.5 Å². The van der Waals surface area contributed by atoms with Crippen LogP contribution in [0.15, 0.2) is 18.2 Å². The Morgan fingerprint density at radius 1 is 0.833 bits per heavy atom. The van der Waals surface area contributed by atoms with E-state index in [-0.39, 0.29) is 11.3 Å². The second-order valence-electron chi connectivity index (χ2n) is 9.85. The quantitative estimate of drug-likeness (QED) is 0.762. The topological polar surface area (TPSA) is 59.1 Å². The molecule has 1 aliphatic heterocycles. The molecule has 6 heteroatoms. The van der Waals surface area contributed by atoms with Crippen LogP contribution in [-0.4, -0.2) is 62.0 Å². The maximum atomic E-state index is 13.5. The molecule has 5 aliphatic rings. The summed E-state index contributed by atoms with van der Waals surface area (Å²) in [4.78, 5) is 30.4. The van der Waals surface area contributed by atoms with Gasteiger partial charge in [0.25, 0.3) is 5.91 Å². The van der Waals surface area contributed by atoms with Crippen molar-refractivity contribution in [3.05, 3.63) is 23.8 Å². The Labute approximate surface area is 178 Å². The van der Waals surface area contributed by atoms with Crippen molar-refractivity contribution >= 4 is 11.8 Å². The van der Waals surface area contributed by atoms with Gasteiger partial charge in [-0.1, -0.05) is 0 Å². The summed E-state index contributed by atoms with van der Waals surface area (Å²) in [7, 11) is 3.15. The Hall–Kier alpha value is -2.24. The van der Waals surface area contributed by atoms with E-state index in [2.05, 4.69) is 0 Å². The van der Waals surface area contributed by atoms with Crippen molar-refractivity contribution in [2.75, 3.05) is 40.4 Å². The molecule has 5 fully saturated rings. The molecule has 4 aliphatic carbocycles. The van der Waals surface area contributed by atoms with E-state index < -0.39 is 0 Å². The first-order valence-corrected chi connectivity index (χ1v) is 11.3. The number of hydrogen-bond donors (Lipinski definition) is 0. The fourth-order valence-corrected chi connectivity index (χ4v) is 6.97. The molecule has 0 aromatic heterocycles. The predicted octanol–water partition coefficient (Wildman–Crippen LogP) is 3.20. The van der Waals surface area contributed by atoms with Crippen LogP contribution < -0.4 is 9.47 Å². The summed E-state index contributed by atoms with van der Waals surface area (Å²) < 4.78 is 10.6. The Balaban J connectivity index is 1.23. The van der Waals surface area contributed by atoms with Gasteiger partial charge in [-0.25, -0.2) is 0 Å². The van der Waals surface area contributed by atoms with Gasteiger partial charge in [-0.05, 0) is 74.5 Å². The fourth-order valence-electron chi connectivity index (χ4n) is 6.97. The van der Waals surface area contributed by atoms with E-state index >= 15 is 0 Å². The normalized spacial score (nSPS) is 32.3. The molecule has 6 nitrogen and oxygen atoms in total. The summed E-state index contributed by atoms with van der Waals surface area (Å²) >= 11 is 0. The number of rotatable bonds is 4. The minimum atomic E-state index is -0.0930. The van der Waals surface area contributed by atoms with Crippen molar-refractivity contribution in [1.29, 1.82) is 0 Å². The van der Waals surface area contributed by atoms with Gasteiger partial charge in [-0.15, -0.1) is 0 Å². The lowest BCUT2D eigenvalue weighted by Gasteiger charge is -2.57. The maximum Gasteiger partial charge on any atom is 0.254 e. The second kappa shape index (κ2) is 7.47. The summed E-state index contributed by atoms with van der Waals surface area (Å²) in [5.41, 5.74) is 0.498. The molecule has 0 radical (unpaired) electrons. The van der Waals surface area contributed by atoms with E-state index in [1.54, 1.807) is 32.4 Å². The van der Waals surface area contributed by atoms with Gasteiger partial charge >= 0.3 is 0 Å². The third kappa shape index (κ3) is 3.25. The maximum absolute atomic E-state index is 13.5. The van der Waals surface area contributed by atoms with Gasteiger partial charge in [0, 0.05) is 31.7 Å². The van der Waals surface area contributed by atoms with Gasteiger partial charge in [0.2, 0.25) is 5.91 Å². The molecule has 1 aromatic rings. The van der Waals surface area contributed by atoms with Crippen LogP contribution in [0.3, 0.4) is 0 Å². The number of carbonyl (C=O) groups excluding carboxylic acids is 2. The number of methoxy groups -OCH3 is 2. The molecule has 1 saturated heterocycles. The van der Waals surface area contributed by atoms with Crippen molar-refractivity contribution in [1.82, 2.24) is 9.80 Å². The van der Waals surface area contributed by atoms with Crippen LogP contribution in [0.2, 0.25) is 0 Å². The van der Waals surface area contributed by atoms with Gasteiger partial charge < -0.3 is 19.3 Å². The smallest absolute Gasteiger partial charge is 0.254 e. The molecular weight excluding hydrogens is 380 g/mol. The van der Waals surface area contributed by atoms with Crippen molar-refractivity contribution < 1.29 is 19.1 Å². The highest BCUT2D eigenvalue weighted by Gasteiger charge is 2.55. The zero-order chi connectivity index (χ0) is 20.9. The lowest BCUT2D eigenvalue weighted by atomic mass is 9.49. The summed E-state index contributed by atoms with van der Waals surface area (Å²) in [6, 6.07) is 5.27. The summed E-state index contributed by atoms with van der Waals surface area (Å²) in [5.74, 6) is 3.84. The fraction of sp³-hybridized carbons (Fsp3) is 0.667. The highest BCUT2D eigenvalue weighted by molar-refractivity contribution is 5.95. The van der Waals surface area contributed by atoms with Gasteiger partial charge in [-0.3, -0.25) is 9.59 Å². The van der Waals surface area contributed by atoms with Crippen molar-refractivity contribution in [3.63, 3.8) is 0 Å². The van der Waals surface area contributed by atoms with Crippen molar-refractivity contribution in [2.24, 2.45) is 23.2 Å². The lowest BCUT2D eigenvalue weighted by molar-refractivity contribution is -0.159. The summed E-state index contributed by atoms with van der Waals surface area (Å²) in [6.07, 6.45) is 7.34. The van der Waals surface area contributed by atoms with Gasteiger partial charge in [0.1, 0.15) is 0 Å². The predicted molar refractivity (Wildman–Crippen MR) is 113 cm³/mol.